The van der Waals surface area contributed by atoms with Gasteiger partial charge >= 0.3 is 0 Å². The van der Waals surface area contributed by atoms with Gasteiger partial charge in [0.2, 0.25) is 0 Å². The van der Waals surface area contributed by atoms with Crippen LogP contribution in [0.15, 0.2) is 12.4 Å². The summed E-state index contributed by atoms with van der Waals surface area (Å²) < 4.78 is 5.51. The smallest absolute Gasteiger partial charge is 0.132 e. The third kappa shape index (κ3) is 4.38. The minimum absolute atomic E-state index is 0.670. The molecule has 3 heterocycles. The zero-order chi connectivity index (χ0) is 14.3. The number of hydrogen-bond acceptors (Lipinski definition) is 5. The van der Waals surface area contributed by atoms with Gasteiger partial charge in [-0.1, -0.05) is 6.42 Å². The maximum atomic E-state index is 5.51. The number of ether oxygens (including phenoxy) is 1. The van der Waals surface area contributed by atoms with E-state index in [4.69, 9.17) is 4.74 Å². The van der Waals surface area contributed by atoms with Gasteiger partial charge < -0.3 is 15.0 Å². The summed E-state index contributed by atoms with van der Waals surface area (Å²) in [5.74, 6) is 1.06. The monoisotopic (exact) mass is 290 g/mol. The first-order valence-corrected chi connectivity index (χ1v) is 8.29. The maximum absolute atomic E-state index is 5.51. The van der Waals surface area contributed by atoms with E-state index in [9.17, 15) is 0 Å². The first-order valence-electron chi connectivity index (χ1n) is 8.29. The molecule has 1 aromatic heterocycles. The molecule has 3 rings (SSSR count). The van der Waals surface area contributed by atoms with Gasteiger partial charge in [0.15, 0.2) is 0 Å². The van der Waals surface area contributed by atoms with Crippen LogP contribution in [-0.4, -0.2) is 48.9 Å². The van der Waals surface area contributed by atoms with Gasteiger partial charge in [0, 0.05) is 37.5 Å². The summed E-state index contributed by atoms with van der Waals surface area (Å²) in [6.07, 6.45) is 9.00. The first kappa shape index (κ1) is 14.7. The van der Waals surface area contributed by atoms with Crippen LogP contribution in [0.3, 0.4) is 0 Å². The highest BCUT2D eigenvalue weighted by Crippen LogP contribution is 2.16. The second kappa shape index (κ2) is 7.71. The van der Waals surface area contributed by atoms with E-state index in [0.717, 1.165) is 50.7 Å². The first-order chi connectivity index (χ1) is 10.4. The molecule has 0 bridgehead atoms. The van der Waals surface area contributed by atoms with E-state index < -0.39 is 0 Å². The molecular formula is C16H26N4O. The van der Waals surface area contributed by atoms with E-state index in [2.05, 4.69) is 26.3 Å². The fourth-order valence-electron chi connectivity index (χ4n) is 3.16. The Morgan fingerprint density at radius 2 is 2.19 bits per heavy atom. The minimum Gasteiger partial charge on any atom is -0.380 e. The predicted molar refractivity (Wildman–Crippen MR) is 83.6 cm³/mol. The normalized spacial score (nSPS) is 23.8. The molecule has 5 heteroatoms. The van der Waals surface area contributed by atoms with Crippen LogP contribution in [0.1, 0.15) is 37.8 Å². The molecule has 0 saturated carbocycles. The van der Waals surface area contributed by atoms with Gasteiger partial charge in [-0.2, -0.15) is 0 Å². The number of piperidine rings is 1. The average Bonchev–Trinajstić information content (AvgIpc) is 2.83. The van der Waals surface area contributed by atoms with Crippen molar-refractivity contribution in [2.45, 2.75) is 44.6 Å². The second-order valence-corrected chi connectivity index (χ2v) is 6.01. The Labute approximate surface area is 127 Å². The van der Waals surface area contributed by atoms with Crippen molar-refractivity contribution >= 4 is 5.82 Å². The molecule has 1 aromatic rings. The quantitative estimate of drug-likeness (QED) is 0.916. The van der Waals surface area contributed by atoms with Gasteiger partial charge in [-0.05, 0) is 38.6 Å². The van der Waals surface area contributed by atoms with Crippen LogP contribution in [-0.2, 0) is 11.2 Å². The van der Waals surface area contributed by atoms with Gasteiger partial charge in [0.05, 0.1) is 6.61 Å². The van der Waals surface area contributed by atoms with Crippen molar-refractivity contribution in [1.29, 1.82) is 0 Å². The van der Waals surface area contributed by atoms with E-state index in [1.807, 2.05) is 0 Å². The summed E-state index contributed by atoms with van der Waals surface area (Å²) in [6.45, 7) is 4.79. The Kier molecular flexibility index (Phi) is 5.40. The number of aryl methyl sites for hydroxylation is 1. The van der Waals surface area contributed by atoms with Crippen LogP contribution in [0.4, 0.5) is 5.82 Å². The minimum atomic E-state index is 0.670. The van der Waals surface area contributed by atoms with Crippen molar-refractivity contribution in [2.75, 3.05) is 37.7 Å². The molecule has 5 nitrogen and oxygen atoms in total. The maximum Gasteiger partial charge on any atom is 0.132 e. The lowest BCUT2D eigenvalue weighted by atomic mass is 10.00. The molecule has 2 fully saturated rings. The van der Waals surface area contributed by atoms with Crippen LogP contribution in [0.5, 0.6) is 0 Å². The largest absolute Gasteiger partial charge is 0.380 e. The molecule has 2 aliphatic rings. The number of hydrogen-bond donors (Lipinski definition) is 1. The van der Waals surface area contributed by atoms with Crippen molar-refractivity contribution in [3.63, 3.8) is 0 Å². The molecule has 1 N–H and O–H groups in total. The van der Waals surface area contributed by atoms with Crippen molar-refractivity contribution in [3.05, 3.63) is 18.1 Å². The molecule has 1 atom stereocenters. The van der Waals surface area contributed by atoms with E-state index in [1.165, 1.54) is 32.2 Å². The molecule has 116 valence electrons. The molecule has 2 aliphatic heterocycles. The van der Waals surface area contributed by atoms with E-state index in [0.29, 0.717) is 6.04 Å². The van der Waals surface area contributed by atoms with Crippen molar-refractivity contribution < 1.29 is 4.74 Å². The Morgan fingerprint density at radius 3 is 3.10 bits per heavy atom. The predicted octanol–water partition coefficient (Wildman–Crippen LogP) is 1.78. The van der Waals surface area contributed by atoms with Crippen LogP contribution in [0.2, 0.25) is 0 Å². The Morgan fingerprint density at radius 1 is 1.19 bits per heavy atom. The highest BCUT2D eigenvalue weighted by atomic mass is 16.5. The van der Waals surface area contributed by atoms with E-state index in [1.54, 1.807) is 6.33 Å². The lowest BCUT2D eigenvalue weighted by Gasteiger charge is -2.23. The van der Waals surface area contributed by atoms with Gasteiger partial charge in [-0.25, -0.2) is 9.97 Å². The summed E-state index contributed by atoms with van der Waals surface area (Å²) in [5, 5.41) is 3.61. The summed E-state index contributed by atoms with van der Waals surface area (Å²) in [7, 11) is 0. The van der Waals surface area contributed by atoms with Crippen LogP contribution < -0.4 is 10.2 Å². The number of nitrogens with zero attached hydrogens (tertiary/aromatic N) is 3. The molecule has 0 spiro atoms. The molecule has 1 unspecified atom stereocenters. The third-order valence-electron chi connectivity index (χ3n) is 4.42. The van der Waals surface area contributed by atoms with Gasteiger partial charge in [-0.3, -0.25) is 0 Å². The zero-order valence-electron chi connectivity index (χ0n) is 12.8. The molecule has 0 aromatic carbocycles. The lowest BCUT2D eigenvalue weighted by Crippen LogP contribution is -2.34. The summed E-state index contributed by atoms with van der Waals surface area (Å²) in [5.41, 5.74) is 1.16. The van der Waals surface area contributed by atoms with Crippen molar-refractivity contribution in [3.8, 4) is 0 Å². The molecule has 0 aliphatic carbocycles. The number of nitrogens with one attached hydrogen (secondary N) is 1. The van der Waals surface area contributed by atoms with Crippen LogP contribution in [0.25, 0.3) is 0 Å². The number of aromatic nitrogens is 2. The summed E-state index contributed by atoms with van der Waals surface area (Å²) >= 11 is 0. The highest BCUT2D eigenvalue weighted by molar-refractivity contribution is 5.39. The molecular weight excluding hydrogens is 264 g/mol. The lowest BCUT2D eigenvalue weighted by molar-refractivity contribution is 0.152. The average molecular weight is 290 g/mol. The summed E-state index contributed by atoms with van der Waals surface area (Å²) in [6, 6.07) is 2.83. The Balaban J connectivity index is 1.56. The van der Waals surface area contributed by atoms with Crippen molar-refractivity contribution in [2.24, 2.45) is 0 Å². The third-order valence-corrected chi connectivity index (χ3v) is 4.42. The fraction of sp³-hybridized carbons (Fsp3) is 0.750. The van der Waals surface area contributed by atoms with Crippen molar-refractivity contribution in [1.82, 2.24) is 15.3 Å². The molecule has 21 heavy (non-hydrogen) atoms. The fourth-order valence-corrected chi connectivity index (χ4v) is 3.16. The molecule has 2 saturated heterocycles. The topological polar surface area (TPSA) is 50.3 Å². The Bertz CT molecular complexity index is 426. The van der Waals surface area contributed by atoms with Gasteiger partial charge in [-0.15, -0.1) is 0 Å². The Hall–Kier alpha value is -1.20. The van der Waals surface area contributed by atoms with Gasteiger partial charge in [0.1, 0.15) is 12.1 Å². The molecule has 0 radical (unpaired) electrons. The standard InChI is InChI=1S/C16H26N4O/c1-2-7-17-14(4-1)5-6-15-12-16(19-13-18-15)20-8-3-10-21-11-9-20/h12-14,17H,1-11H2. The van der Waals surface area contributed by atoms with Gasteiger partial charge in [0.25, 0.3) is 0 Å². The van der Waals surface area contributed by atoms with E-state index in [-0.39, 0.29) is 0 Å². The molecule has 0 amide bonds. The SMILES string of the molecule is c1nc(CCC2CCCCN2)cc(N2CCCOCC2)n1. The van der Waals surface area contributed by atoms with E-state index >= 15 is 0 Å². The number of rotatable bonds is 4. The highest BCUT2D eigenvalue weighted by Gasteiger charge is 2.14. The zero-order valence-corrected chi connectivity index (χ0v) is 12.8. The summed E-state index contributed by atoms with van der Waals surface area (Å²) in [4.78, 5) is 11.2. The van der Waals surface area contributed by atoms with Crippen LogP contribution >= 0.6 is 0 Å². The number of anilines is 1. The second-order valence-electron chi connectivity index (χ2n) is 6.01. The van der Waals surface area contributed by atoms with Crippen LogP contribution in [0, 0.1) is 0 Å².